The highest BCUT2D eigenvalue weighted by Crippen LogP contribution is 2.18. The largest absolute Gasteiger partial charge is 0.469 e. The molecule has 0 saturated carbocycles. The molecule has 1 saturated heterocycles. The molecule has 1 aliphatic heterocycles. The van der Waals surface area contributed by atoms with Crippen LogP contribution in [0.25, 0.3) is 0 Å². The predicted molar refractivity (Wildman–Crippen MR) is 86.9 cm³/mol. The lowest BCUT2D eigenvalue weighted by molar-refractivity contribution is -0.146. The normalized spacial score (nSPS) is 19.5. The number of urea groups is 1. The summed E-state index contributed by atoms with van der Waals surface area (Å²) in [5, 5.41) is 5.05. The molecule has 122 valence electrons. The third-order valence-electron chi connectivity index (χ3n) is 3.97. The van der Waals surface area contributed by atoms with Gasteiger partial charge in [0.05, 0.1) is 13.0 Å². The molecule has 6 heteroatoms. The Kier molecular flexibility index (Phi) is 6.24. The number of nitrogens with zero attached hydrogens (tertiary/aromatic N) is 1. The Bertz CT molecular complexity index is 490. The van der Waals surface area contributed by atoms with E-state index in [1.165, 1.54) is 12.0 Å². The molecule has 2 rings (SSSR count). The SMILES string of the molecule is COC(=O)[C@H]1CCCN(C(=O)NC[C@H](C)Cc2cccs2)C1. The number of esters is 1. The number of nitrogens with one attached hydrogen (secondary N) is 1. The van der Waals surface area contributed by atoms with E-state index in [1.807, 2.05) is 6.07 Å². The number of carbonyl (C=O) groups is 2. The summed E-state index contributed by atoms with van der Waals surface area (Å²) in [5.41, 5.74) is 0. The summed E-state index contributed by atoms with van der Waals surface area (Å²) < 4.78 is 4.78. The third-order valence-corrected chi connectivity index (χ3v) is 4.87. The summed E-state index contributed by atoms with van der Waals surface area (Å²) in [7, 11) is 1.40. The number of thiophene rings is 1. The van der Waals surface area contributed by atoms with Crippen LogP contribution in [-0.2, 0) is 16.0 Å². The highest BCUT2D eigenvalue weighted by Gasteiger charge is 2.28. The van der Waals surface area contributed by atoms with Crippen molar-refractivity contribution in [2.24, 2.45) is 11.8 Å². The summed E-state index contributed by atoms with van der Waals surface area (Å²) in [6.07, 6.45) is 2.62. The molecule has 2 atom stereocenters. The van der Waals surface area contributed by atoms with Gasteiger partial charge in [-0.25, -0.2) is 4.79 Å². The standard InChI is InChI=1S/C16H24N2O3S/c1-12(9-14-6-4-8-22-14)10-17-16(20)18-7-3-5-13(11-18)15(19)21-2/h4,6,8,12-13H,3,5,7,9-11H2,1-2H3,(H,17,20)/t12-,13+/m1/s1. The van der Waals surface area contributed by atoms with E-state index in [9.17, 15) is 9.59 Å². The van der Waals surface area contributed by atoms with Gasteiger partial charge in [-0.15, -0.1) is 11.3 Å². The molecule has 22 heavy (non-hydrogen) atoms. The number of rotatable bonds is 5. The van der Waals surface area contributed by atoms with Gasteiger partial charge in [-0.1, -0.05) is 13.0 Å². The first-order valence-electron chi connectivity index (χ1n) is 7.73. The van der Waals surface area contributed by atoms with Gasteiger partial charge in [0.25, 0.3) is 0 Å². The van der Waals surface area contributed by atoms with Crippen LogP contribution in [0.1, 0.15) is 24.6 Å². The Morgan fingerprint density at radius 1 is 1.55 bits per heavy atom. The zero-order valence-electron chi connectivity index (χ0n) is 13.2. The van der Waals surface area contributed by atoms with E-state index >= 15 is 0 Å². The molecular weight excluding hydrogens is 300 g/mol. The van der Waals surface area contributed by atoms with Gasteiger partial charge in [0.15, 0.2) is 0 Å². The number of carbonyl (C=O) groups excluding carboxylic acids is 2. The van der Waals surface area contributed by atoms with Crippen LogP contribution in [0, 0.1) is 11.8 Å². The fourth-order valence-corrected chi connectivity index (χ4v) is 3.61. The van der Waals surface area contributed by atoms with Gasteiger partial charge in [0.2, 0.25) is 0 Å². The zero-order chi connectivity index (χ0) is 15.9. The van der Waals surface area contributed by atoms with Crippen molar-refractivity contribution in [1.82, 2.24) is 10.2 Å². The van der Waals surface area contributed by atoms with Crippen molar-refractivity contribution in [3.63, 3.8) is 0 Å². The molecule has 0 unspecified atom stereocenters. The van der Waals surface area contributed by atoms with E-state index in [0.29, 0.717) is 25.6 Å². The van der Waals surface area contributed by atoms with Crippen LogP contribution in [0.2, 0.25) is 0 Å². The highest BCUT2D eigenvalue weighted by molar-refractivity contribution is 7.09. The lowest BCUT2D eigenvalue weighted by atomic mass is 9.98. The molecular formula is C16H24N2O3S. The average molecular weight is 324 g/mol. The molecule has 0 bridgehead atoms. The van der Waals surface area contributed by atoms with E-state index in [4.69, 9.17) is 4.74 Å². The average Bonchev–Trinajstić information content (AvgIpc) is 3.04. The summed E-state index contributed by atoms with van der Waals surface area (Å²) >= 11 is 1.75. The lowest BCUT2D eigenvalue weighted by Gasteiger charge is -2.31. The Balaban J connectivity index is 1.75. The lowest BCUT2D eigenvalue weighted by Crippen LogP contribution is -2.48. The molecule has 0 radical (unpaired) electrons. The number of methoxy groups -OCH3 is 1. The second-order valence-electron chi connectivity index (χ2n) is 5.88. The van der Waals surface area contributed by atoms with Crippen molar-refractivity contribution in [2.45, 2.75) is 26.2 Å². The maximum Gasteiger partial charge on any atom is 0.317 e. The molecule has 0 aliphatic carbocycles. The molecule has 2 heterocycles. The number of ether oxygens (including phenoxy) is 1. The molecule has 5 nitrogen and oxygen atoms in total. The van der Waals surface area contributed by atoms with Gasteiger partial charge in [0.1, 0.15) is 0 Å². The minimum atomic E-state index is -0.219. The van der Waals surface area contributed by atoms with Crippen LogP contribution in [0.5, 0.6) is 0 Å². The minimum Gasteiger partial charge on any atom is -0.469 e. The van der Waals surface area contributed by atoms with Crippen molar-refractivity contribution in [2.75, 3.05) is 26.7 Å². The van der Waals surface area contributed by atoms with Crippen LogP contribution in [-0.4, -0.2) is 43.6 Å². The second-order valence-corrected chi connectivity index (χ2v) is 6.92. The quantitative estimate of drug-likeness (QED) is 0.847. The Hall–Kier alpha value is -1.56. The van der Waals surface area contributed by atoms with Gasteiger partial charge in [-0.3, -0.25) is 4.79 Å². The first-order chi connectivity index (χ1) is 10.6. The molecule has 1 N–H and O–H groups in total. The fourth-order valence-electron chi connectivity index (χ4n) is 2.74. The maximum absolute atomic E-state index is 12.2. The van der Waals surface area contributed by atoms with Crippen molar-refractivity contribution in [3.8, 4) is 0 Å². The van der Waals surface area contributed by atoms with Gasteiger partial charge in [-0.05, 0) is 36.6 Å². The molecule has 0 aromatic carbocycles. The van der Waals surface area contributed by atoms with E-state index in [2.05, 4.69) is 23.7 Å². The first-order valence-corrected chi connectivity index (χ1v) is 8.61. The Morgan fingerprint density at radius 2 is 2.36 bits per heavy atom. The zero-order valence-corrected chi connectivity index (χ0v) is 14.0. The van der Waals surface area contributed by atoms with Gasteiger partial charge >= 0.3 is 12.0 Å². The minimum absolute atomic E-state index is 0.0772. The predicted octanol–water partition coefficient (Wildman–Crippen LogP) is 2.52. The van der Waals surface area contributed by atoms with Crippen molar-refractivity contribution < 1.29 is 14.3 Å². The van der Waals surface area contributed by atoms with Gasteiger partial charge < -0.3 is 15.0 Å². The first kappa shape index (κ1) is 16.8. The van der Waals surface area contributed by atoms with Gasteiger partial charge in [-0.2, -0.15) is 0 Å². The molecule has 1 aliphatic rings. The van der Waals surface area contributed by atoms with Crippen molar-refractivity contribution in [1.29, 1.82) is 0 Å². The van der Waals surface area contributed by atoms with Crippen LogP contribution in [0.15, 0.2) is 17.5 Å². The molecule has 0 spiro atoms. The monoisotopic (exact) mass is 324 g/mol. The topological polar surface area (TPSA) is 58.6 Å². The summed E-state index contributed by atoms with van der Waals surface area (Å²) in [4.78, 5) is 26.9. The van der Waals surface area contributed by atoms with Crippen LogP contribution < -0.4 is 5.32 Å². The van der Waals surface area contributed by atoms with Crippen LogP contribution in [0.3, 0.4) is 0 Å². The van der Waals surface area contributed by atoms with E-state index in [-0.39, 0.29) is 17.9 Å². The molecule has 1 fully saturated rings. The van der Waals surface area contributed by atoms with E-state index < -0.39 is 0 Å². The number of amides is 2. The summed E-state index contributed by atoms with van der Waals surface area (Å²) in [6, 6.07) is 4.09. The number of hydrogen-bond donors (Lipinski definition) is 1. The van der Waals surface area contributed by atoms with Gasteiger partial charge in [0, 0.05) is 24.5 Å². The van der Waals surface area contributed by atoms with Crippen LogP contribution >= 0.6 is 11.3 Å². The number of likely N-dealkylation sites (tertiary alicyclic amines) is 1. The third kappa shape index (κ3) is 4.73. The smallest absolute Gasteiger partial charge is 0.317 e. The second kappa shape index (κ2) is 8.17. The van der Waals surface area contributed by atoms with Crippen molar-refractivity contribution >= 4 is 23.3 Å². The molecule has 2 amide bonds. The molecule has 1 aromatic rings. The molecule has 1 aromatic heterocycles. The maximum atomic E-state index is 12.2. The summed E-state index contributed by atoms with van der Waals surface area (Å²) in [6.45, 7) is 3.94. The Morgan fingerprint density at radius 3 is 3.05 bits per heavy atom. The fraction of sp³-hybridized carbons (Fsp3) is 0.625. The highest BCUT2D eigenvalue weighted by atomic mass is 32.1. The number of piperidine rings is 1. The number of hydrogen-bond acceptors (Lipinski definition) is 4. The van der Waals surface area contributed by atoms with E-state index in [1.54, 1.807) is 16.2 Å². The Labute approximate surface area is 135 Å². The van der Waals surface area contributed by atoms with Crippen LogP contribution in [0.4, 0.5) is 4.79 Å². The summed E-state index contributed by atoms with van der Waals surface area (Å²) in [5.74, 6) is -0.0135. The van der Waals surface area contributed by atoms with Crippen molar-refractivity contribution in [3.05, 3.63) is 22.4 Å². The van der Waals surface area contributed by atoms with E-state index in [0.717, 1.165) is 19.3 Å².